The van der Waals surface area contributed by atoms with E-state index in [1.165, 1.54) is 12.2 Å². The number of hydrogen-bond donors (Lipinski definition) is 4. The Bertz CT molecular complexity index is 2950. The van der Waals surface area contributed by atoms with Gasteiger partial charge in [0.05, 0.1) is 34.8 Å². The first-order valence-electron chi connectivity index (χ1n) is 19.3. The third-order valence-corrected chi connectivity index (χ3v) is 11.0. The van der Waals surface area contributed by atoms with Gasteiger partial charge in [-0.3, -0.25) is 14.7 Å². The second-order valence-electron chi connectivity index (χ2n) is 14.7. The van der Waals surface area contributed by atoms with Gasteiger partial charge in [-0.15, -0.1) is 0 Å². The molecule has 292 valence electrons. The van der Waals surface area contributed by atoms with Crippen LogP contribution in [0.25, 0.3) is 65.7 Å². The standard InChI is InChI=1S/C24H20N4O2.C22H20N6O/c1-2-22(30)28-12-16(13-28)27-24-20-9-5-8-19(23(20)25-14-26-24)21-11-17(29)10-15-6-3-4-7-18(15)21;1-3-19(29)28-10-14(11-28)26-22-16-6-4-5-15(21(16)23-12-24-22)20-13(2)7-8-18-17(20)9-25-27-18/h2-11,14,16,29H,1,12-13H2,(H,25,26,27);3-9,12,14H,1,10-11H2,2H3,(H,25,27)(H,23,24,26). The number of nitrogens with zero attached hydrogens (tertiary/aromatic N) is 7. The van der Waals surface area contributed by atoms with Crippen LogP contribution in [0, 0.1) is 6.92 Å². The van der Waals surface area contributed by atoms with Crippen LogP contribution in [-0.2, 0) is 9.59 Å². The lowest BCUT2D eigenvalue weighted by atomic mass is 9.95. The van der Waals surface area contributed by atoms with Crippen LogP contribution in [0.15, 0.2) is 129 Å². The number of phenolic OH excluding ortho intramolecular Hbond substituents is 1. The molecule has 0 unspecified atom stereocenters. The van der Waals surface area contributed by atoms with E-state index in [0.29, 0.717) is 26.2 Å². The highest BCUT2D eigenvalue weighted by molar-refractivity contribution is 6.08. The predicted molar refractivity (Wildman–Crippen MR) is 232 cm³/mol. The smallest absolute Gasteiger partial charge is 0.246 e. The molecule has 5 aromatic carbocycles. The Morgan fingerprint density at radius 3 is 1.90 bits per heavy atom. The number of benzene rings is 5. The second-order valence-corrected chi connectivity index (χ2v) is 14.7. The average Bonchev–Trinajstić information content (AvgIpc) is 3.71. The molecule has 0 saturated carbocycles. The van der Waals surface area contributed by atoms with E-state index in [2.05, 4.69) is 73.0 Å². The lowest BCUT2D eigenvalue weighted by Gasteiger charge is -2.39. The highest BCUT2D eigenvalue weighted by Gasteiger charge is 2.31. The Hall–Kier alpha value is -7.67. The van der Waals surface area contributed by atoms with E-state index < -0.39 is 0 Å². The number of fused-ring (bicyclic) bond motifs is 4. The number of likely N-dealkylation sites (tertiary alicyclic amines) is 2. The molecule has 0 spiro atoms. The number of rotatable bonds is 8. The summed E-state index contributed by atoms with van der Waals surface area (Å²) in [4.78, 5) is 44.9. The van der Waals surface area contributed by atoms with Crippen molar-refractivity contribution in [2.75, 3.05) is 36.8 Å². The van der Waals surface area contributed by atoms with Gasteiger partial charge in [-0.1, -0.05) is 67.8 Å². The molecule has 2 saturated heterocycles. The summed E-state index contributed by atoms with van der Waals surface area (Å²) in [5, 5.41) is 29.3. The number of carbonyl (C=O) groups is 2. The zero-order chi connectivity index (χ0) is 40.6. The minimum Gasteiger partial charge on any atom is -0.508 e. The number of para-hydroxylation sites is 2. The molecule has 13 heteroatoms. The molecule has 2 aliphatic rings. The molecule has 59 heavy (non-hydrogen) atoms. The third kappa shape index (κ3) is 6.92. The summed E-state index contributed by atoms with van der Waals surface area (Å²) in [6.45, 7) is 11.7. The Labute approximate surface area is 339 Å². The van der Waals surface area contributed by atoms with Crippen LogP contribution in [0.5, 0.6) is 5.75 Å². The maximum Gasteiger partial charge on any atom is 0.246 e. The molecule has 13 nitrogen and oxygen atoms in total. The van der Waals surface area contributed by atoms with Crippen LogP contribution < -0.4 is 10.6 Å². The number of amides is 2. The van der Waals surface area contributed by atoms with Gasteiger partial charge in [0.25, 0.3) is 0 Å². The number of aromatic hydroxyl groups is 1. The van der Waals surface area contributed by atoms with Crippen LogP contribution in [0.2, 0.25) is 0 Å². The first kappa shape index (κ1) is 36.9. The minimum atomic E-state index is -0.0568. The van der Waals surface area contributed by atoms with Crippen LogP contribution >= 0.6 is 0 Å². The molecule has 10 rings (SSSR count). The van der Waals surface area contributed by atoms with E-state index in [1.807, 2.05) is 66.9 Å². The number of aromatic nitrogens is 6. The van der Waals surface area contributed by atoms with Crippen molar-refractivity contribution >= 4 is 66.9 Å². The fourth-order valence-electron chi connectivity index (χ4n) is 7.97. The van der Waals surface area contributed by atoms with E-state index in [9.17, 15) is 14.7 Å². The molecule has 5 heterocycles. The zero-order valence-electron chi connectivity index (χ0n) is 32.3. The lowest BCUT2D eigenvalue weighted by molar-refractivity contribution is -0.130. The van der Waals surface area contributed by atoms with Gasteiger partial charge < -0.3 is 25.5 Å². The molecule has 2 fully saturated rings. The van der Waals surface area contributed by atoms with Gasteiger partial charge in [0.2, 0.25) is 11.8 Å². The molecule has 8 aromatic rings. The number of nitrogens with one attached hydrogen (secondary N) is 3. The first-order chi connectivity index (χ1) is 28.8. The number of aryl methyl sites for hydroxylation is 1. The monoisotopic (exact) mass is 780 g/mol. The lowest BCUT2D eigenvalue weighted by Crippen LogP contribution is -2.56. The number of carbonyl (C=O) groups excluding carboxylic acids is 2. The Morgan fingerprint density at radius 1 is 0.695 bits per heavy atom. The van der Waals surface area contributed by atoms with Gasteiger partial charge in [-0.05, 0) is 76.9 Å². The van der Waals surface area contributed by atoms with Gasteiger partial charge in [0, 0.05) is 53.5 Å². The van der Waals surface area contributed by atoms with E-state index >= 15 is 0 Å². The quantitative estimate of drug-likeness (QED) is 0.115. The highest BCUT2D eigenvalue weighted by atomic mass is 16.3. The van der Waals surface area contributed by atoms with Crippen LogP contribution in [-0.4, -0.2) is 95.1 Å². The molecule has 0 aliphatic carbocycles. The fourth-order valence-corrected chi connectivity index (χ4v) is 7.97. The first-order valence-corrected chi connectivity index (χ1v) is 19.3. The molecule has 2 aliphatic heterocycles. The van der Waals surface area contributed by atoms with Gasteiger partial charge in [0.1, 0.15) is 30.0 Å². The Kier molecular flexibility index (Phi) is 9.61. The predicted octanol–water partition coefficient (Wildman–Crippen LogP) is 7.25. The van der Waals surface area contributed by atoms with E-state index in [0.717, 1.165) is 82.9 Å². The van der Waals surface area contributed by atoms with Crippen molar-refractivity contribution in [2.45, 2.75) is 19.0 Å². The highest BCUT2D eigenvalue weighted by Crippen LogP contribution is 2.38. The molecule has 4 N–H and O–H groups in total. The number of phenols is 1. The van der Waals surface area contributed by atoms with E-state index in [-0.39, 0.29) is 29.6 Å². The van der Waals surface area contributed by atoms with Crippen LogP contribution in [0.4, 0.5) is 11.6 Å². The van der Waals surface area contributed by atoms with Crippen molar-refractivity contribution in [1.29, 1.82) is 0 Å². The zero-order valence-corrected chi connectivity index (χ0v) is 32.3. The molecule has 0 radical (unpaired) electrons. The maximum atomic E-state index is 11.7. The molecule has 3 aromatic heterocycles. The van der Waals surface area contributed by atoms with Gasteiger partial charge in [-0.2, -0.15) is 5.10 Å². The molecule has 0 atom stereocenters. The van der Waals surface area contributed by atoms with E-state index in [1.54, 1.807) is 34.6 Å². The largest absolute Gasteiger partial charge is 0.508 e. The van der Waals surface area contributed by atoms with Crippen molar-refractivity contribution in [3.05, 3.63) is 135 Å². The Balaban J connectivity index is 0.000000152. The van der Waals surface area contributed by atoms with Gasteiger partial charge in [-0.25, -0.2) is 19.9 Å². The third-order valence-electron chi connectivity index (χ3n) is 11.0. The molecule has 0 bridgehead atoms. The normalized spacial score (nSPS) is 14.1. The molecule has 2 amide bonds. The minimum absolute atomic E-state index is 0.0402. The molecular weight excluding hydrogens is 741 g/mol. The van der Waals surface area contributed by atoms with Crippen molar-refractivity contribution in [3.63, 3.8) is 0 Å². The summed E-state index contributed by atoms with van der Waals surface area (Å²) in [5.41, 5.74) is 7.89. The fraction of sp³-hybridized carbons (Fsp3) is 0.152. The summed E-state index contributed by atoms with van der Waals surface area (Å²) < 4.78 is 0. The van der Waals surface area contributed by atoms with Gasteiger partial charge in [0.15, 0.2) is 0 Å². The number of anilines is 2. The summed E-state index contributed by atoms with van der Waals surface area (Å²) in [6, 6.07) is 28.0. The number of aromatic amines is 1. The summed E-state index contributed by atoms with van der Waals surface area (Å²) >= 11 is 0. The number of H-pyrrole nitrogens is 1. The van der Waals surface area contributed by atoms with Crippen LogP contribution in [0.1, 0.15) is 5.56 Å². The Morgan fingerprint density at radius 2 is 1.27 bits per heavy atom. The van der Waals surface area contributed by atoms with Crippen molar-refractivity contribution in [3.8, 4) is 28.0 Å². The second kappa shape index (κ2) is 15.3. The van der Waals surface area contributed by atoms with Gasteiger partial charge >= 0.3 is 0 Å². The van der Waals surface area contributed by atoms with Crippen molar-refractivity contribution < 1.29 is 14.7 Å². The molecular formula is C46H40N10O3. The average molecular weight is 781 g/mol. The summed E-state index contributed by atoms with van der Waals surface area (Å²) in [6.07, 6.45) is 7.68. The maximum absolute atomic E-state index is 11.7. The van der Waals surface area contributed by atoms with E-state index in [4.69, 9.17) is 0 Å². The SMILES string of the molecule is C=CC(=O)N1CC(Nc2ncnc3c(-c4c(C)ccc5[nH]ncc45)cccc23)C1.C=CC(=O)N1CC(Nc2ncnc3c(-c4cc(O)cc5ccccc45)cccc23)C1. The van der Waals surface area contributed by atoms with Crippen molar-refractivity contribution in [2.24, 2.45) is 0 Å². The summed E-state index contributed by atoms with van der Waals surface area (Å²) in [7, 11) is 0. The topological polar surface area (TPSA) is 165 Å². The summed E-state index contributed by atoms with van der Waals surface area (Å²) in [5.74, 6) is 1.64. The van der Waals surface area contributed by atoms with Crippen LogP contribution in [0.3, 0.4) is 0 Å². The number of hydrogen-bond acceptors (Lipinski definition) is 10. The van der Waals surface area contributed by atoms with Crippen molar-refractivity contribution in [1.82, 2.24) is 39.9 Å².